The third kappa shape index (κ3) is 3.47. The Morgan fingerprint density at radius 1 is 0.571 bits per heavy atom. The summed E-state index contributed by atoms with van der Waals surface area (Å²) in [4.78, 5) is 13.8. The second-order valence-electron chi connectivity index (χ2n) is 8.20. The smallest absolute Gasteiger partial charge is 0.320 e. The number of rotatable bonds is 4. The van der Waals surface area contributed by atoms with E-state index in [0.717, 1.165) is 32.5 Å². The monoisotopic (exact) mass is 459 g/mol. The lowest BCUT2D eigenvalue weighted by Gasteiger charge is -2.13. The van der Waals surface area contributed by atoms with Crippen LogP contribution < -0.4 is 9.47 Å². The van der Waals surface area contributed by atoms with Gasteiger partial charge in [0.1, 0.15) is 11.5 Å². The number of nitrogens with zero attached hydrogens (tertiary/aromatic N) is 3. The van der Waals surface area contributed by atoms with E-state index in [-0.39, 0.29) is 11.8 Å². The molecule has 35 heavy (non-hydrogen) atoms. The minimum atomic E-state index is 0.0120. The quantitative estimate of drug-likeness (QED) is 0.308. The summed E-state index contributed by atoms with van der Waals surface area (Å²) in [5.74, 6) is 1.33. The number of hydrogen-bond acceptors (Lipinski definition) is 6. The van der Waals surface area contributed by atoms with Gasteiger partial charge in [0.05, 0.1) is 19.8 Å². The molecule has 170 valence electrons. The summed E-state index contributed by atoms with van der Waals surface area (Å²) < 4.78 is 10.6. The highest BCUT2D eigenvalue weighted by Crippen LogP contribution is 2.38. The van der Waals surface area contributed by atoms with Gasteiger partial charge in [-0.25, -0.2) is 4.98 Å². The van der Waals surface area contributed by atoms with Crippen LogP contribution in [0.2, 0.25) is 0 Å². The van der Waals surface area contributed by atoms with Gasteiger partial charge in [0.25, 0.3) is 0 Å². The molecule has 1 heterocycles. The van der Waals surface area contributed by atoms with Gasteiger partial charge in [0.2, 0.25) is 0 Å². The minimum Gasteiger partial charge on any atom is -0.507 e. The Bertz CT molecular complexity index is 1750. The number of fused-ring (bicyclic) bond motifs is 5. The van der Waals surface area contributed by atoms with Crippen LogP contribution in [-0.2, 0) is 0 Å². The maximum Gasteiger partial charge on any atom is 0.320 e. The molecule has 0 radical (unpaired) electrons. The summed E-state index contributed by atoms with van der Waals surface area (Å²) in [5.41, 5.74) is 1.32. The molecule has 0 saturated heterocycles. The lowest BCUT2D eigenvalue weighted by Crippen LogP contribution is -2.01. The first-order valence-electron chi connectivity index (χ1n) is 11.2. The molecule has 0 fully saturated rings. The Kier molecular flexibility index (Phi) is 4.92. The molecular weight excluding hydrogens is 438 g/mol. The van der Waals surface area contributed by atoms with Crippen LogP contribution in [0.3, 0.4) is 0 Å². The van der Waals surface area contributed by atoms with E-state index in [1.54, 1.807) is 19.2 Å². The van der Waals surface area contributed by atoms with Gasteiger partial charge in [-0.1, -0.05) is 60.7 Å². The van der Waals surface area contributed by atoms with Gasteiger partial charge in [-0.15, -0.1) is 0 Å². The number of aromatic nitrogens is 3. The number of ether oxygens (including phenoxy) is 2. The zero-order valence-electron chi connectivity index (χ0n) is 19.2. The summed E-state index contributed by atoms with van der Waals surface area (Å²) in [6.07, 6.45) is 0. The highest BCUT2D eigenvalue weighted by atomic mass is 16.5. The van der Waals surface area contributed by atoms with E-state index in [0.29, 0.717) is 23.0 Å². The molecule has 0 unspecified atom stereocenters. The average Bonchev–Trinajstić information content (AvgIpc) is 2.91. The molecule has 0 bridgehead atoms. The fourth-order valence-corrected chi connectivity index (χ4v) is 4.56. The number of hydrogen-bond donors (Lipinski definition) is 1. The van der Waals surface area contributed by atoms with Gasteiger partial charge < -0.3 is 14.6 Å². The molecule has 5 aromatic carbocycles. The maximum absolute atomic E-state index is 10.6. The molecule has 6 nitrogen and oxygen atoms in total. The van der Waals surface area contributed by atoms with E-state index in [1.165, 1.54) is 18.6 Å². The molecule has 0 saturated carbocycles. The number of phenols is 1. The van der Waals surface area contributed by atoms with Crippen LogP contribution in [0.15, 0.2) is 84.9 Å². The van der Waals surface area contributed by atoms with Gasteiger partial charge in [0, 0.05) is 11.6 Å². The van der Waals surface area contributed by atoms with Crippen LogP contribution >= 0.6 is 0 Å². The third-order valence-electron chi connectivity index (χ3n) is 6.25. The highest BCUT2D eigenvalue weighted by Gasteiger charge is 2.17. The second-order valence-corrected chi connectivity index (χ2v) is 8.20. The van der Waals surface area contributed by atoms with Gasteiger partial charge in [-0.05, 0) is 50.5 Å². The van der Waals surface area contributed by atoms with Crippen molar-refractivity contribution in [1.29, 1.82) is 0 Å². The van der Waals surface area contributed by atoms with Crippen molar-refractivity contribution in [2.75, 3.05) is 14.2 Å². The number of phenolic OH excluding ortho intramolecular Hbond substituents is 1. The summed E-state index contributed by atoms with van der Waals surface area (Å²) in [5, 5.41) is 17.3. The van der Waals surface area contributed by atoms with Gasteiger partial charge in [0.15, 0.2) is 11.6 Å². The molecule has 0 atom stereocenters. The number of benzene rings is 5. The molecule has 6 heteroatoms. The largest absolute Gasteiger partial charge is 0.507 e. The Morgan fingerprint density at radius 3 is 2.00 bits per heavy atom. The van der Waals surface area contributed by atoms with Crippen molar-refractivity contribution < 1.29 is 14.6 Å². The van der Waals surface area contributed by atoms with Crippen LogP contribution in [0.25, 0.3) is 55.1 Å². The Labute approximate surface area is 201 Å². The standard InChI is InChI=1S/C29H21N3O3/c1-34-18-12-14-23(26(33)15-18)27-30-28(32-29(31-27)35-2)25-16-24-19-8-4-3-7-17(19)11-13-22(24)20-9-5-6-10-21(20)25/h3-16,33H,1-2H3. The molecule has 6 aromatic rings. The SMILES string of the molecule is COc1ccc(-c2nc(OC)nc(-c3cc4c5ccccc5ccc4c4ccccc34)n2)c(O)c1. The summed E-state index contributed by atoms with van der Waals surface area (Å²) in [6, 6.07) is 28.2. The van der Waals surface area contributed by atoms with Crippen LogP contribution in [0.5, 0.6) is 17.5 Å². The Hall–Kier alpha value is -4.71. The molecule has 1 aromatic heterocycles. The van der Waals surface area contributed by atoms with Gasteiger partial charge in [-0.2, -0.15) is 9.97 Å². The summed E-state index contributed by atoms with van der Waals surface area (Å²) in [6.45, 7) is 0. The van der Waals surface area contributed by atoms with Crippen molar-refractivity contribution in [3.05, 3.63) is 84.9 Å². The predicted octanol–water partition coefficient (Wildman–Crippen LogP) is 6.39. The molecule has 0 aliphatic heterocycles. The van der Waals surface area contributed by atoms with Gasteiger partial charge in [-0.3, -0.25) is 0 Å². The first kappa shape index (κ1) is 20.9. The van der Waals surface area contributed by atoms with E-state index in [2.05, 4.69) is 52.4 Å². The summed E-state index contributed by atoms with van der Waals surface area (Å²) >= 11 is 0. The average molecular weight is 460 g/mol. The van der Waals surface area contributed by atoms with E-state index >= 15 is 0 Å². The van der Waals surface area contributed by atoms with Crippen molar-refractivity contribution in [2.45, 2.75) is 0 Å². The molecule has 0 aliphatic carbocycles. The Morgan fingerprint density at radius 2 is 1.26 bits per heavy atom. The second kappa shape index (κ2) is 8.25. The van der Waals surface area contributed by atoms with E-state index in [9.17, 15) is 5.11 Å². The number of methoxy groups -OCH3 is 2. The molecule has 0 aliphatic rings. The predicted molar refractivity (Wildman–Crippen MR) is 138 cm³/mol. The Balaban J connectivity index is 1.67. The zero-order chi connectivity index (χ0) is 23.9. The van der Waals surface area contributed by atoms with Crippen molar-refractivity contribution in [2.24, 2.45) is 0 Å². The summed E-state index contributed by atoms with van der Waals surface area (Å²) in [7, 11) is 3.07. The topological polar surface area (TPSA) is 77.4 Å². The van der Waals surface area contributed by atoms with Crippen molar-refractivity contribution in [3.8, 4) is 40.3 Å². The molecule has 1 N–H and O–H groups in total. The first-order valence-corrected chi connectivity index (χ1v) is 11.2. The van der Waals surface area contributed by atoms with E-state index < -0.39 is 0 Å². The minimum absolute atomic E-state index is 0.0120. The van der Waals surface area contributed by atoms with Gasteiger partial charge >= 0.3 is 6.01 Å². The fourth-order valence-electron chi connectivity index (χ4n) is 4.56. The van der Waals surface area contributed by atoms with Crippen molar-refractivity contribution in [3.63, 3.8) is 0 Å². The normalized spacial score (nSPS) is 11.3. The zero-order valence-corrected chi connectivity index (χ0v) is 19.2. The maximum atomic E-state index is 10.6. The molecule has 0 amide bonds. The van der Waals surface area contributed by atoms with Crippen molar-refractivity contribution >= 4 is 32.3 Å². The van der Waals surface area contributed by atoms with Crippen molar-refractivity contribution in [1.82, 2.24) is 15.0 Å². The molecular formula is C29H21N3O3. The van der Waals surface area contributed by atoms with Crippen LogP contribution in [0.4, 0.5) is 0 Å². The number of aromatic hydroxyl groups is 1. The highest BCUT2D eigenvalue weighted by molar-refractivity contribution is 6.20. The van der Waals surface area contributed by atoms with Crippen LogP contribution in [-0.4, -0.2) is 34.3 Å². The third-order valence-corrected chi connectivity index (χ3v) is 6.25. The lowest BCUT2D eigenvalue weighted by molar-refractivity contribution is 0.379. The van der Waals surface area contributed by atoms with E-state index in [1.807, 2.05) is 24.3 Å². The first-order chi connectivity index (χ1) is 17.2. The van der Waals surface area contributed by atoms with Crippen LogP contribution in [0, 0.1) is 0 Å². The van der Waals surface area contributed by atoms with Crippen LogP contribution in [0.1, 0.15) is 0 Å². The fraction of sp³-hybridized carbons (Fsp3) is 0.0690. The molecule has 0 spiro atoms. The molecule has 6 rings (SSSR count). The lowest BCUT2D eigenvalue weighted by atomic mass is 9.93. The van der Waals surface area contributed by atoms with E-state index in [4.69, 9.17) is 14.5 Å².